The second-order valence-electron chi connectivity index (χ2n) is 6.78. The van der Waals surface area contributed by atoms with Crippen LogP contribution in [0.3, 0.4) is 0 Å². The van der Waals surface area contributed by atoms with E-state index in [9.17, 15) is 4.79 Å². The third-order valence-corrected chi connectivity index (χ3v) is 4.74. The number of piperidine rings is 1. The first kappa shape index (κ1) is 19.3. The number of amides is 1. The zero-order valence-electron chi connectivity index (χ0n) is 15.6. The van der Waals surface area contributed by atoms with Crippen LogP contribution in [-0.4, -0.2) is 42.9 Å². The van der Waals surface area contributed by atoms with Gasteiger partial charge in [-0.3, -0.25) is 9.79 Å². The summed E-state index contributed by atoms with van der Waals surface area (Å²) in [4.78, 5) is 18.3. The van der Waals surface area contributed by atoms with Gasteiger partial charge in [0.1, 0.15) is 0 Å². The van der Waals surface area contributed by atoms with Crippen LogP contribution >= 0.6 is 0 Å². The summed E-state index contributed by atoms with van der Waals surface area (Å²) in [6.07, 6.45) is 4.64. The Balaban J connectivity index is 1.93. The van der Waals surface area contributed by atoms with Crippen LogP contribution in [0.4, 0.5) is 0 Å². The average molecular weight is 345 g/mol. The maximum Gasteiger partial charge on any atom is 0.217 e. The van der Waals surface area contributed by atoms with Crippen molar-refractivity contribution in [1.29, 1.82) is 0 Å². The summed E-state index contributed by atoms with van der Waals surface area (Å²) in [6, 6.07) is 8.79. The van der Waals surface area contributed by atoms with Gasteiger partial charge >= 0.3 is 0 Å². The van der Waals surface area contributed by atoms with Gasteiger partial charge in [0.2, 0.25) is 5.91 Å². The van der Waals surface area contributed by atoms with Crippen LogP contribution in [0, 0.1) is 5.92 Å². The number of nitrogens with zero attached hydrogens (tertiary/aromatic N) is 2. The lowest BCUT2D eigenvalue weighted by molar-refractivity contribution is -0.119. The number of aliphatic imine (C=N–C) groups is 1. The van der Waals surface area contributed by atoms with Crippen LogP contribution < -0.4 is 11.1 Å². The minimum absolute atomic E-state index is 0.204. The van der Waals surface area contributed by atoms with Crippen molar-refractivity contribution in [1.82, 2.24) is 10.2 Å². The molecule has 1 unspecified atom stereocenters. The highest BCUT2D eigenvalue weighted by Gasteiger charge is 2.23. The number of hydrogen-bond donors (Lipinski definition) is 2. The molecule has 1 aliphatic heterocycles. The smallest absolute Gasteiger partial charge is 0.217 e. The van der Waals surface area contributed by atoms with E-state index in [1.807, 2.05) is 0 Å². The van der Waals surface area contributed by atoms with Gasteiger partial charge in [-0.1, -0.05) is 31.2 Å². The van der Waals surface area contributed by atoms with E-state index in [1.165, 1.54) is 11.1 Å². The molecule has 1 heterocycles. The molecule has 25 heavy (non-hydrogen) atoms. The maximum absolute atomic E-state index is 11.2. The number of carbonyl (C=O) groups is 1. The molecule has 138 valence electrons. The Hall–Kier alpha value is -2.04. The Morgan fingerprint density at radius 3 is 2.64 bits per heavy atom. The van der Waals surface area contributed by atoms with E-state index < -0.39 is 0 Å². The molecule has 2 rings (SSSR count). The molecule has 0 aliphatic carbocycles. The molecule has 0 spiro atoms. The normalized spacial score (nSPS) is 18.2. The number of carbonyl (C=O) groups excluding carboxylic acids is 1. The van der Waals surface area contributed by atoms with Gasteiger partial charge in [-0.2, -0.15) is 0 Å². The first-order chi connectivity index (χ1) is 12.1. The van der Waals surface area contributed by atoms with E-state index >= 15 is 0 Å². The summed E-state index contributed by atoms with van der Waals surface area (Å²) < 4.78 is 0. The Kier molecular flexibility index (Phi) is 7.76. The monoisotopic (exact) mass is 344 g/mol. The number of aryl methyl sites for hydroxylation is 1. The molecular weight excluding hydrogens is 312 g/mol. The third kappa shape index (κ3) is 6.40. The molecule has 1 aromatic carbocycles. The van der Waals surface area contributed by atoms with Gasteiger partial charge in [0.05, 0.1) is 0 Å². The molecule has 5 nitrogen and oxygen atoms in total. The number of hydrogen-bond acceptors (Lipinski definition) is 2. The van der Waals surface area contributed by atoms with Crippen LogP contribution in [0.5, 0.6) is 0 Å². The van der Waals surface area contributed by atoms with E-state index in [0.717, 1.165) is 57.8 Å². The number of primary amides is 1. The maximum atomic E-state index is 11.2. The van der Waals surface area contributed by atoms with E-state index in [0.29, 0.717) is 12.3 Å². The largest absolute Gasteiger partial charge is 0.370 e. The molecule has 1 saturated heterocycles. The molecule has 1 atom stereocenters. The fourth-order valence-corrected chi connectivity index (χ4v) is 3.37. The van der Waals surface area contributed by atoms with Crippen LogP contribution in [0.15, 0.2) is 29.3 Å². The lowest BCUT2D eigenvalue weighted by Crippen LogP contribution is -2.47. The van der Waals surface area contributed by atoms with Crippen molar-refractivity contribution in [2.24, 2.45) is 16.6 Å². The summed E-state index contributed by atoms with van der Waals surface area (Å²) in [5.41, 5.74) is 8.06. The SMILES string of the molecule is CCNC(=NCCc1ccc(CC)cc1)N1CCCC(CC(N)=O)C1. The molecule has 0 aromatic heterocycles. The molecule has 0 radical (unpaired) electrons. The Labute approximate surface area is 151 Å². The van der Waals surface area contributed by atoms with Gasteiger partial charge in [0, 0.05) is 32.6 Å². The molecular formula is C20H32N4O. The van der Waals surface area contributed by atoms with Crippen molar-refractivity contribution in [2.75, 3.05) is 26.2 Å². The van der Waals surface area contributed by atoms with E-state index in [1.54, 1.807) is 0 Å². The van der Waals surface area contributed by atoms with Crippen molar-refractivity contribution in [2.45, 2.75) is 46.0 Å². The second kappa shape index (κ2) is 10.1. The zero-order valence-corrected chi connectivity index (χ0v) is 15.6. The Morgan fingerprint density at radius 1 is 1.28 bits per heavy atom. The second-order valence-corrected chi connectivity index (χ2v) is 6.78. The minimum Gasteiger partial charge on any atom is -0.370 e. The fourth-order valence-electron chi connectivity index (χ4n) is 3.37. The summed E-state index contributed by atoms with van der Waals surface area (Å²) in [5.74, 6) is 1.10. The quantitative estimate of drug-likeness (QED) is 0.589. The predicted molar refractivity (Wildman–Crippen MR) is 104 cm³/mol. The van der Waals surface area contributed by atoms with Gasteiger partial charge in [0.25, 0.3) is 0 Å². The molecule has 1 amide bonds. The minimum atomic E-state index is -0.204. The highest BCUT2D eigenvalue weighted by atomic mass is 16.1. The highest BCUT2D eigenvalue weighted by Crippen LogP contribution is 2.19. The molecule has 3 N–H and O–H groups in total. The van der Waals surface area contributed by atoms with E-state index in [2.05, 4.69) is 48.3 Å². The number of guanidine groups is 1. The molecule has 1 aromatic rings. The van der Waals surface area contributed by atoms with Crippen molar-refractivity contribution in [3.8, 4) is 0 Å². The molecule has 1 aliphatic rings. The fraction of sp³-hybridized carbons (Fsp3) is 0.600. The molecule has 5 heteroatoms. The third-order valence-electron chi connectivity index (χ3n) is 4.74. The summed E-state index contributed by atoms with van der Waals surface area (Å²) >= 11 is 0. The Morgan fingerprint density at radius 2 is 2.00 bits per heavy atom. The topological polar surface area (TPSA) is 70.7 Å². The van der Waals surface area contributed by atoms with Crippen LogP contribution in [0.1, 0.15) is 44.2 Å². The van der Waals surface area contributed by atoms with Gasteiger partial charge in [0.15, 0.2) is 5.96 Å². The van der Waals surface area contributed by atoms with Crippen molar-refractivity contribution < 1.29 is 4.79 Å². The van der Waals surface area contributed by atoms with E-state index in [-0.39, 0.29) is 5.91 Å². The van der Waals surface area contributed by atoms with Gasteiger partial charge in [-0.05, 0) is 49.7 Å². The van der Waals surface area contributed by atoms with Gasteiger partial charge in [-0.25, -0.2) is 0 Å². The number of rotatable bonds is 7. The summed E-state index contributed by atoms with van der Waals surface area (Å²) in [5, 5.41) is 3.39. The van der Waals surface area contributed by atoms with Gasteiger partial charge < -0.3 is 16.0 Å². The van der Waals surface area contributed by atoms with Gasteiger partial charge in [-0.15, -0.1) is 0 Å². The number of nitrogens with one attached hydrogen (secondary N) is 1. The lowest BCUT2D eigenvalue weighted by atomic mass is 9.95. The van der Waals surface area contributed by atoms with E-state index in [4.69, 9.17) is 10.7 Å². The summed E-state index contributed by atoms with van der Waals surface area (Å²) in [6.45, 7) is 7.73. The Bertz CT molecular complexity index is 568. The van der Waals surface area contributed by atoms with Crippen molar-refractivity contribution in [3.63, 3.8) is 0 Å². The molecule has 0 saturated carbocycles. The number of nitrogens with two attached hydrogens (primary N) is 1. The predicted octanol–water partition coefficient (Wildman–Crippen LogP) is 2.34. The summed E-state index contributed by atoms with van der Waals surface area (Å²) in [7, 11) is 0. The molecule has 0 bridgehead atoms. The van der Waals surface area contributed by atoms with Crippen molar-refractivity contribution in [3.05, 3.63) is 35.4 Å². The van der Waals surface area contributed by atoms with Crippen LogP contribution in [-0.2, 0) is 17.6 Å². The average Bonchev–Trinajstić information content (AvgIpc) is 2.61. The first-order valence-corrected chi connectivity index (χ1v) is 9.51. The van der Waals surface area contributed by atoms with Crippen LogP contribution in [0.25, 0.3) is 0 Å². The first-order valence-electron chi connectivity index (χ1n) is 9.51. The van der Waals surface area contributed by atoms with Crippen molar-refractivity contribution >= 4 is 11.9 Å². The van der Waals surface area contributed by atoms with Crippen LogP contribution in [0.2, 0.25) is 0 Å². The number of benzene rings is 1. The zero-order chi connectivity index (χ0) is 18.1. The lowest BCUT2D eigenvalue weighted by Gasteiger charge is -2.34. The standard InChI is InChI=1S/C20H32N4O/c1-3-16-7-9-17(10-8-16)11-12-23-20(22-4-2)24-13-5-6-18(15-24)14-19(21)25/h7-10,18H,3-6,11-15H2,1-2H3,(H2,21,25)(H,22,23). The molecule has 1 fully saturated rings. The number of likely N-dealkylation sites (tertiary alicyclic amines) is 1. The highest BCUT2D eigenvalue weighted by molar-refractivity contribution is 5.80.